The molecule has 1 heterocycles. The van der Waals surface area contributed by atoms with Crippen molar-refractivity contribution in [3.63, 3.8) is 0 Å². The van der Waals surface area contributed by atoms with Gasteiger partial charge in [0.1, 0.15) is 5.82 Å². The number of nitrogens with zero attached hydrogens (tertiary/aromatic N) is 3. The van der Waals surface area contributed by atoms with Crippen LogP contribution in [-0.2, 0) is 0 Å². The van der Waals surface area contributed by atoms with Crippen molar-refractivity contribution in [1.82, 2.24) is 9.97 Å². The normalized spacial score (nSPS) is 22.1. The predicted octanol–water partition coefficient (Wildman–Crippen LogP) is 2.22. The molecule has 7 heteroatoms. The van der Waals surface area contributed by atoms with Crippen molar-refractivity contribution in [3.8, 4) is 0 Å². The summed E-state index contributed by atoms with van der Waals surface area (Å²) in [6, 6.07) is 4.83. The molecular weight excluding hydrogens is 270 g/mol. The lowest BCUT2D eigenvalue weighted by Gasteiger charge is -2.29. The van der Waals surface area contributed by atoms with E-state index in [9.17, 15) is 10.1 Å². The van der Waals surface area contributed by atoms with Crippen LogP contribution in [0, 0.1) is 10.1 Å². The smallest absolute Gasteiger partial charge is 0.271 e. The molecule has 2 atom stereocenters. The Labute approximate surface area is 121 Å². The molecule has 0 amide bonds. The predicted molar refractivity (Wildman–Crippen MR) is 80.0 cm³/mol. The van der Waals surface area contributed by atoms with Gasteiger partial charge in [-0.1, -0.05) is 12.8 Å². The average molecular weight is 287 g/mol. The molecule has 1 aromatic carbocycles. The van der Waals surface area contributed by atoms with E-state index < -0.39 is 4.92 Å². The number of nitro groups is 1. The third-order valence-corrected chi connectivity index (χ3v) is 3.89. The van der Waals surface area contributed by atoms with Gasteiger partial charge in [0.2, 0.25) is 0 Å². The number of hydrogen-bond acceptors (Lipinski definition) is 6. The minimum Gasteiger partial charge on any atom is -0.364 e. The molecule has 1 aliphatic carbocycles. The number of anilines is 1. The Bertz CT molecular complexity index is 675. The van der Waals surface area contributed by atoms with Crippen LogP contribution in [0.4, 0.5) is 11.5 Å². The molecule has 0 radical (unpaired) electrons. The fourth-order valence-electron chi connectivity index (χ4n) is 2.71. The molecule has 110 valence electrons. The van der Waals surface area contributed by atoms with E-state index >= 15 is 0 Å². The molecular formula is C14H17N5O2. The number of aromatic nitrogens is 2. The van der Waals surface area contributed by atoms with Crippen LogP contribution in [0.15, 0.2) is 24.4 Å². The van der Waals surface area contributed by atoms with Gasteiger partial charge in [-0.05, 0) is 18.9 Å². The van der Waals surface area contributed by atoms with Crippen molar-refractivity contribution in [2.45, 2.75) is 37.8 Å². The first-order valence-corrected chi connectivity index (χ1v) is 7.07. The number of non-ortho nitro benzene ring substituents is 1. The fourth-order valence-corrected chi connectivity index (χ4v) is 2.71. The summed E-state index contributed by atoms with van der Waals surface area (Å²) in [5.41, 5.74) is 7.28. The van der Waals surface area contributed by atoms with Crippen molar-refractivity contribution < 1.29 is 4.92 Å². The van der Waals surface area contributed by atoms with E-state index in [0.29, 0.717) is 16.9 Å². The lowest BCUT2D eigenvalue weighted by atomic mass is 9.91. The Morgan fingerprint density at radius 1 is 1.29 bits per heavy atom. The Balaban J connectivity index is 1.84. The second-order valence-electron chi connectivity index (χ2n) is 5.38. The van der Waals surface area contributed by atoms with E-state index in [1.807, 2.05) is 0 Å². The van der Waals surface area contributed by atoms with Crippen LogP contribution >= 0.6 is 0 Å². The first kappa shape index (κ1) is 13.7. The summed E-state index contributed by atoms with van der Waals surface area (Å²) < 4.78 is 0. The second kappa shape index (κ2) is 5.61. The van der Waals surface area contributed by atoms with Gasteiger partial charge in [-0.2, -0.15) is 0 Å². The third-order valence-electron chi connectivity index (χ3n) is 3.89. The number of hydrogen-bond donors (Lipinski definition) is 2. The van der Waals surface area contributed by atoms with Gasteiger partial charge < -0.3 is 11.1 Å². The van der Waals surface area contributed by atoms with Gasteiger partial charge in [0.15, 0.2) is 0 Å². The Hall–Kier alpha value is -2.28. The maximum atomic E-state index is 10.7. The number of nitrogens with two attached hydrogens (primary N) is 1. The zero-order valence-electron chi connectivity index (χ0n) is 11.5. The van der Waals surface area contributed by atoms with Gasteiger partial charge in [-0.25, -0.2) is 4.98 Å². The number of nitrogens with one attached hydrogen (secondary N) is 1. The van der Waals surface area contributed by atoms with Crippen LogP contribution in [0.5, 0.6) is 0 Å². The van der Waals surface area contributed by atoms with Crippen LogP contribution in [0.1, 0.15) is 25.7 Å². The summed E-state index contributed by atoms with van der Waals surface area (Å²) in [6.45, 7) is 0. The SMILES string of the molecule is NC1CCCCC1Nc1cnc2cc([N+](=O)[O-])ccc2n1. The first-order chi connectivity index (χ1) is 10.1. The van der Waals surface area contributed by atoms with Crippen molar-refractivity contribution in [2.24, 2.45) is 5.73 Å². The van der Waals surface area contributed by atoms with E-state index in [0.717, 1.165) is 12.8 Å². The van der Waals surface area contributed by atoms with Crippen LogP contribution in [0.2, 0.25) is 0 Å². The summed E-state index contributed by atoms with van der Waals surface area (Å²) in [7, 11) is 0. The van der Waals surface area contributed by atoms with Gasteiger partial charge in [-0.3, -0.25) is 15.1 Å². The fraction of sp³-hybridized carbons (Fsp3) is 0.429. The lowest BCUT2D eigenvalue weighted by molar-refractivity contribution is -0.384. The summed E-state index contributed by atoms with van der Waals surface area (Å²) in [6.07, 6.45) is 5.99. The molecule has 0 saturated heterocycles. The lowest BCUT2D eigenvalue weighted by Crippen LogP contribution is -2.42. The minimum atomic E-state index is -0.436. The molecule has 2 unspecified atom stereocenters. The topological polar surface area (TPSA) is 107 Å². The monoisotopic (exact) mass is 287 g/mol. The van der Waals surface area contributed by atoms with Gasteiger partial charge in [0, 0.05) is 24.2 Å². The second-order valence-corrected chi connectivity index (χ2v) is 5.38. The van der Waals surface area contributed by atoms with Crippen molar-refractivity contribution in [2.75, 3.05) is 5.32 Å². The highest BCUT2D eigenvalue weighted by atomic mass is 16.6. The highest BCUT2D eigenvalue weighted by Crippen LogP contribution is 2.22. The van der Waals surface area contributed by atoms with E-state index in [1.165, 1.54) is 25.0 Å². The molecule has 3 N–H and O–H groups in total. The maximum Gasteiger partial charge on any atom is 0.271 e. The van der Waals surface area contributed by atoms with Crippen LogP contribution in [0.25, 0.3) is 11.0 Å². The zero-order valence-corrected chi connectivity index (χ0v) is 11.5. The zero-order chi connectivity index (χ0) is 14.8. The Kier molecular flexibility index (Phi) is 3.66. The van der Waals surface area contributed by atoms with Crippen LogP contribution in [-0.4, -0.2) is 27.0 Å². The summed E-state index contributed by atoms with van der Waals surface area (Å²) in [5.74, 6) is 0.665. The Morgan fingerprint density at radius 3 is 2.86 bits per heavy atom. The summed E-state index contributed by atoms with van der Waals surface area (Å²) in [4.78, 5) is 19.0. The molecule has 1 fully saturated rings. The molecule has 7 nitrogen and oxygen atoms in total. The number of rotatable bonds is 3. The van der Waals surface area contributed by atoms with Gasteiger partial charge in [-0.15, -0.1) is 0 Å². The molecule has 21 heavy (non-hydrogen) atoms. The van der Waals surface area contributed by atoms with Crippen molar-refractivity contribution in [3.05, 3.63) is 34.5 Å². The number of nitro benzene ring substituents is 1. The van der Waals surface area contributed by atoms with E-state index in [1.54, 1.807) is 12.3 Å². The average Bonchev–Trinajstić information content (AvgIpc) is 2.49. The molecule has 0 aliphatic heterocycles. The van der Waals surface area contributed by atoms with E-state index in [2.05, 4.69) is 15.3 Å². The van der Waals surface area contributed by atoms with E-state index in [4.69, 9.17) is 5.73 Å². The standard InChI is InChI=1S/C14H17N5O2/c15-10-3-1-2-4-11(10)17-14-8-16-13-7-9(19(20)21)5-6-12(13)18-14/h5-8,10-11H,1-4,15H2,(H,17,18). The molecule has 0 spiro atoms. The van der Waals surface area contributed by atoms with Crippen molar-refractivity contribution in [1.29, 1.82) is 0 Å². The number of fused-ring (bicyclic) bond motifs is 1. The number of benzene rings is 1. The highest BCUT2D eigenvalue weighted by Gasteiger charge is 2.22. The summed E-state index contributed by atoms with van der Waals surface area (Å²) in [5, 5.41) is 14.1. The first-order valence-electron chi connectivity index (χ1n) is 7.07. The van der Waals surface area contributed by atoms with Crippen LogP contribution in [0.3, 0.4) is 0 Å². The van der Waals surface area contributed by atoms with Gasteiger partial charge in [0.25, 0.3) is 5.69 Å². The largest absolute Gasteiger partial charge is 0.364 e. The molecule has 2 aromatic rings. The molecule has 3 rings (SSSR count). The van der Waals surface area contributed by atoms with Gasteiger partial charge >= 0.3 is 0 Å². The van der Waals surface area contributed by atoms with E-state index in [-0.39, 0.29) is 17.8 Å². The van der Waals surface area contributed by atoms with Crippen molar-refractivity contribution >= 4 is 22.5 Å². The maximum absolute atomic E-state index is 10.7. The molecule has 0 bridgehead atoms. The minimum absolute atomic E-state index is 0.0202. The summed E-state index contributed by atoms with van der Waals surface area (Å²) >= 11 is 0. The molecule has 1 aromatic heterocycles. The Morgan fingerprint density at radius 2 is 2.10 bits per heavy atom. The highest BCUT2D eigenvalue weighted by molar-refractivity contribution is 5.78. The molecule has 1 aliphatic rings. The quantitative estimate of drug-likeness (QED) is 0.662. The molecule has 1 saturated carbocycles. The third kappa shape index (κ3) is 2.92. The van der Waals surface area contributed by atoms with Gasteiger partial charge in [0.05, 0.1) is 22.2 Å². The van der Waals surface area contributed by atoms with Crippen LogP contribution < -0.4 is 11.1 Å².